The quantitative estimate of drug-likeness (QED) is 0.384. The van der Waals surface area contributed by atoms with E-state index in [0.717, 1.165) is 34.9 Å². The molecule has 0 aliphatic rings. The molecule has 0 saturated heterocycles. The molecule has 1 atom stereocenters. The molecule has 3 rings (SSSR count). The van der Waals surface area contributed by atoms with Gasteiger partial charge in [0.05, 0.1) is 22.2 Å². The van der Waals surface area contributed by atoms with Crippen molar-refractivity contribution in [2.24, 2.45) is 0 Å². The monoisotopic (exact) mass is 532 g/mol. The third kappa shape index (κ3) is 6.91. The first-order valence-corrected chi connectivity index (χ1v) is 13.2. The van der Waals surface area contributed by atoms with Gasteiger partial charge >= 0.3 is 6.18 Å². The number of hydrogen-bond donors (Lipinski definition) is 1. The normalized spacial score (nSPS) is 13.2. The summed E-state index contributed by atoms with van der Waals surface area (Å²) in [6.07, 6.45) is -4.68. The Morgan fingerprint density at radius 3 is 2.05 bits per heavy atom. The number of carbonyl (C=O) groups is 1. The Morgan fingerprint density at radius 1 is 0.919 bits per heavy atom. The average molecular weight is 533 g/mol. The molecule has 0 spiro atoms. The van der Waals surface area contributed by atoms with Gasteiger partial charge in [0.2, 0.25) is 5.91 Å². The number of nitrogens with one attached hydrogen (secondary N) is 1. The molecule has 0 aromatic heterocycles. The van der Waals surface area contributed by atoms with E-state index in [-0.39, 0.29) is 16.0 Å². The van der Waals surface area contributed by atoms with Crippen molar-refractivity contribution < 1.29 is 26.4 Å². The molecule has 9 heteroatoms. The topological polar surface area (TPSA) is 66.5 Å². The summed E-state index contributed by atoms with van der Waals surface area (Å²) < 4.78 is 67.8. The number of sulfonamides is 1. The lowest BCUT2D eigenvalue weighted by molar-refractivity contribution is -0.137. The molecule has 1 amide bonds. The molecule has 1 N–H and O–H groups in total. The average Bonchev–Trinajstić information content (AvgIpc) is 2.82. The third-order valence-corrected chi connectivity index (χ3v) is 7.80. The molecule has 198 valence electrons. The van der Waals surface area contributed by atoms with Crippen molar-refractivity contribution >= 4 is 21.6 Å². The lowest BCUT2D eigenvalue weighted by Gasteiger charge is -2.26. The molecule has 0 heterocycles. The van der Waals surface area contributed by atoms with Gasteiger partial charge in [-0.2, -0.15) is 13.2 Å². The number of benzene rings is 3. The number of anilines is 1. The maximum Gasteiger partial charge on any atom is 0.416 e. The van der Waals surface area contributed by atoms with Crippen LogP contribution in [0.2, 0.25) is 0 Å². The Hall–Kier alpha value is -3.33. The van der Waals surface area contributed by atoms with Crippen molar-refractivity contribution in [2.75, 3.05) is 10.8 Å². The molecule has 0 fully saturated rings. The molecular weight excluding hydrogens is 501 g/mol. The van der Waals surface area contributed by atoms with Gasteiger partial charge in [0.25, 0.3) is 10.0 Å². The SMILES string of the molecule is Cc1ccc(S(=O)(=O)N(CC(=O)N[C@H](C)c2ccc(C(C)(C)C)cc2)c2cccc(C(F)(F)F)c2)cc1. The van der Waals surface area contributed by atoms with E-state index in [1.807, 2.05) is 24.3 Å². The van der Waals surface area contributed by atoms with Crippen molar-refractivity contribution in [1.29, 1.82) is 0 Å². The van der Waals surface area contributed by atoms with Crippen LogP contribution in [0.25, 0.3) is 0 Å². The van der Waals surface area contributed by atoms with Gasteiger partial charge < -0.3 is 5.32 Å². The van der Waals surface area contributed by atoms with Crippen LogP contribution in [-0.4, -0.2) is 20.9 Å². The van der Waals surface area contributed by atoms with Crippen LogP contribution >= 0.6 is 0 Å². The summed E-state index contributed by atoms with van der Waals surface area (Å²) >= 11 is 0. The number of aryl methyl sites for hydroxylation is 1. The highest BCUT2D eigenvalue weighted by Gasteiger charge is 2.33. The minimum absolute atomic E-state index is 0.0409. The number of hydrogen-bond acceptors (Lipinski definition) is 3. The second-order valence-corrected chi connectivity index (χ2v) is 11.9. The smallest absolute Gasteiger partial charge is 0.348 e. The zero-order chi connectivity index (χ0) is 27.6. The number of nitrogens with zero attached hydrogens (tertiary/aromatic N) is 1. The Labute approximate surface area is 216 Å². The number of halogens is 3. The van der Waals surface area contributed by atoms with E-state index in [9.17, 15) is 26.4 Å². The largest absolute Gasteiger partial charge is 0.416 e. The minimum atomic E-state index is -4.68. The van der Waals surface area contributed by atoms with Gasteiger partial charge in [-0.1, -0.05) is 68.8 Å². The third-order valence-electron chi connectivity index (χ3n) is 6.01. The van der Waals surface area contributed by atoms with Crippen LogP contribution in [0.1, 0.15) is 56.0 Å². The van der Waals surface area contributed by atoms with E-state index in [0.29, 0.717) is 4.31 Å². The maximum atomic E-state index is 13.5. The minimum Gasteiger partial charge on any atom is -0.348 e. The number of alkyl halides is 3. The van der Waals surface area contributed by atoms with Gasteiger partial charge in [0, 0.05) is 0 Å². The van der Waals surface area contributed by atoms with Gasteiger partial charge in [-0.05, 0) is 60.7 Å². The zero-order valence-corrected chi connectivity index (χ0v) is 22.2. The van der Waals surface area contributed by atoms with Crippen LogP contribution in [0.3, 0.4) is 0 Å². The van der Waals surface area contributed by atoms with Crippen LogP contribution in [0, 0.1) is 6.92 Å². The Morgan fingerprint density at radius 2 is 1.51 bits per heavy atom. The second kappa shape index (κ2) is 10.6. The van der Waals surface area contributed by atoms with Gasteiger partial charge in [-0.25, -0.2) is 8.42 Å². The van der Waals surface area contributed by atoms with Crippen LogP contribution in [0.5, 0.6) is 0 Å². The maximum absolute atomic E-state index is 13.5. The van der Waals surface area contributed by atoms with Gasteiger partial charge in [0.15, 0.2) is 0 Å². The standard InChI is InChI=1S/C28H31F3N2O3S/c1-19-9-15-25(16-10-19)37(35,36)33(24-8-6-7-23(17-24)28(29,30)31)18-26(34)32-20(2)21-11-13-22(14-12-21)27(3,4)5/h6-17,20H,18H2,1-5H3,(H,32,34)/t20-/m1/s1. The fourth-order valence-corrected chi connectivity index (χ4v) is 5.18. The van der Waals surface area contributed by atoms with Crippen LogP contribution < -0.4 is 9.62 Å². The predicted molar refractivity (Wildman–Crippen MR) is 139 cm³/mol. The molecular formula is C28H31F3N2O3S. The molecule has 0 aliphatic carbocycles. The first-order valence-electron chi connectivity index (χ1n) is 11.8. The number of rotatable bonds is 7. The molecule has 3 aromatic carbocycles. The van der Waals surface area contributed by atoms with Crippen molar-refractivity contribution in [3.8, 4) is 0 Å². The Kier molecular flexibility index (Phi) is 8.07. The molecule has 0 unspecified atom stereocenters. The summed E-state index contributed by atoms with van der Waals surface area (Å²) in [7, 11) is -4.35. The van der Waals surface area contributed by atoms with Crippen molar-refractivity contribution in [2.45, 2.75) is 57.1 Å². The van der Waals surface area contributed by atoms with Crippen molar-refractivity contribution in [3.63, 3.8) is 0 Å². The van der Waals surface area contributed by atoms with E-state index >= 15 is 0 Å². The lowest BCUT2D eigenvalue weighted by Crippen LogP contribution is -2.41. The molecule has 5 nitrogen and oxygen atoms in total. The second-order valence-electron chi connectivity index (χ2n) is 10.0. The highest BCUT2D eigenvalue weighted by molar-refractivity contribution is 7.92. The first-order chi connectivity index (χ1) is 17.1. The van der Waals surface area contributed by atoms with Gasteiger partial charge in [-0.15, -0.1) is 0 Å². The highest BCUT2D eigenvalue weighted by Crippen LogP contribution is 2.33. The van der Waals surface area contributed by atoms with E-state index in [4.69, 9.17) is 0 Å². The van der Waals surface area contributed by atoms with E-state index < -0.39 is 40.3 Å². The summed E-state index contributed by atoms with van der Waals surface area (Å²) in [6.45, 7) is 9.11. The summed E-state index contributed by atoms with van der Waals surface area (Å²) in [5, 5.41) is 2.76. The summed E-state index contributed by atoms with van der Waals surface area (Å²) in [5.41, 5.74) is 1.44. The summed E-state index contributed by atoms with van der Waals surface area (Å²) in [5.74, 6) is -0.652. The molecule has 0 bridgehead atoms. The predicted octanol–water partition coefficient (Wildman–Crippen LogP) is 6.38. The van der Waals surface area contributed by atoms with Crippen LogP contribution in [0.4, 0.5) is 18.9 Å². The molecule has 0 saturated carbocycles. The summed E-state index contributed by atoms with van der Waals surface area (Å²) in [4.78, 5) is 12.9. The first kappa shape index (κ1) is 28.2. The Bertz CT molecular complexity index is 1350. The van der Waals surface area contributed by atoms with E-state index in [1.165, 1.54) is 18.2 Å². The Balaban J connectivity index is 1.92. The van der Waals surface area contributed by atoms with E-state index in [2.05, 4.69) is 26.1 Å². The zero-order valence-electron chi connectivity index (χ0n) is 21.4. The fourth-order valence-electron chi connectivity index (χ4n) is 3.76. The molecule has 0 aliphatic heterocycles. The highest BCUT2D eigenvalue weighted by atomic mass is 32.2. The van der Waals surface area contributed by atoms with Crippen LogP contribution in [0.15, 0.2) is 77.7 Å². The fraction of sp³-hybridized carbons (Fsp3) is 0.321. The lowest BCUT2D eigenvalue weighted by atomic mass is 9.86. The van der Waals surface area contributed by atoms with Crippen molar-refractivity contribution in [1.82, 2.24) is 5.32 Å². The summed E-state index contributed by atoms with van der Waals surface area (Å²) in [6, 6.07) is 17.1. The van der Waals surface area contributed by atoms with Gasteiger partial charge in [-0.3, -0.25) is 9.10 Å². The van der Waals surface area contributed by atoms with Crippen LogP contribution in [-0.2, 0) is 26.4 Å². The van der Waals surface area contributed by atoms with E-state index in [1.54, 1.807) is 26.0 Å². The molecule has 0 radical (unpaired) electrons. The van der Waals surface area contributed by atoms with Gasteiger partial charge in [0.1, 0.15) is 6.54 Å². The van der Waals surface area contributed by atoms with Crippen molar-refractivity contribution in [3.05, 3.63) is 95.1 Å². The molecule has 37 heavy (non-hydrogen) atoms. The number of amides is 1. The number of carbonyl (C=O) groups excluding carboxylic acids is 1. The molecule has 3 aromatic rings.